The highest BCUT2D eigenvalue weighted by atomic mass is 16.5. The molecule has 0 aromatic rings. The Bertz CT molecular complexity index is 239. The molecule has 0 aromatic heterocycles. The van der Waals surface area contributed by atoms with E-state index >= 15 is 0 Å². The van der Waals surface area contributed by atoms with Gasteiger partial charge in [-0.3, -0.25) is 0 Å². The Kier molecular flexibility index (Phi) is 2.85. The Hall–Kier alpha value is -0.0800. The van der Waals surface area contributed by atoms with Crippen LogP contribution in [0.1, 0.15) is 52.9 Å². The maximum Gasteiger partial charge on any atom is 0.0737 e. The van der Waals surface area contributed by atoms with Gasteiger partial charge in [0.05, 0.1) is 17.3 Å². The van der Waals surface area contributed by atoms with E-state index < -0.39 is 0 Å². The van der Waals surface area contributed by atoms with Crippen LogP contribution in [0.25, 0.3) is 0 Å². The topological polar surface area (TPSA) is 18.5 Å². The summed E-state index contributed by atoms with van der Waals surface area (Å²) in [6, 6.07) is 0. The molecular weight excluding hydrogens is 188 g/mol. The molecule has 2 fully saturated rings. The fourth-order valence-corrected chi connectivity index (χ4v) is 3.39. The van der Waals surface area contributed by atoms with Gasteiger partial charge in [0.25, 0.3) is 0 Å². The monoisotopic (exact) mass is 212 g/mol. The lowest BCUT2D eigenvalue weighted by Crippen LogP contribution is -2.57. The van der Waals surface area contributed by atoms with Crippen molar-refractivity contribution in [1.82, 2.24) is 0 Å². The van der Waals surface area contributed by atoms with Crippen molar-refractivity contribution in [2.45, 2.75) is 70.2 Å². The van der Waals surface area contributed by atoms with Gasteiger partial charge < -0.3 is 9.47 Å². The molecule has 15 heavy (non-hydrogen) atoms. The van der Waals surface area contributed by atoms with Crippen LogP contribution in [0, 0.1) is 5.92 Å². The number of ether oxygens (including phenoxy) is 2. The predicted octanol–water partition coefficient (Wildman–Crippen LogP) is 3.15. The summed E-state index contributed by atoms with van der Waals surface area (Å²) in [6.45, 7) is 6.82. The summed E-state index contributed by atoms with van der Waals surface area (Å²) in [5.41, 5.74) is 0.160. The molecule has 0 saturated carbocycles. The minimum absolute atomic E-state index is 0.0709. The summed E-state index contributed by atoms with van der Waals surface area (Å²) in [5, 5.41) is 0. The Balaban J connectivity index is 2.23. The average molecular weight is 212 g/mol. The van der Waals surface area contributed by atoms with Crippen molar-refractivity contribution in [3.8, 4) is 0 Å². The van der Waals surface area contributed by atoms with E-state index in [9.17, 15) is 0 Å². The molecular formula is C13H24O2. The lowest BCUT2D eigenvalue weighted by atomic mass is 9.70. The molecule has 0 spiro atoms. The predicted molar refractivity (Wildman–Crippen MR) is 60.9 cm³/mol. The van der Waals surface area contributed by atoms with Crippen LogP contribution in [0.5, 0.6) is 0 Å². The molecule has 2 rings (SSSR count). The quantitative estimate of drug-likeness (QED) is 0.700. The van der Waals surface area contributed by atoms with Gasteiger partial charge >= 0.3 is 0 Å². The normalized spacial score (nSPS) is 45.8. The highest BCUT2D eigenvalue weighted by Gasteiger charge is 2.51. The zero-order chi connectivity index (χ0) is 11.1. The molecule has 0 aromatic carbocycles. The molecule has 3 atom stereocenters. The number of hydrogen-bond acceptors (Lipinski definition) is 2. The van der Waals surface area contributed by atoms with Gasteiger partial charge in [0.15, 0.2) is 0 Å². The van der Waals surface area contributed by atoms with Crippen molar-refractivity contribution < 1.29 is 9.47 Å². The maximum absolute atomic E-state index is 6.41. The fourth-order valence-electron chi connectivity index (χ4n) is 3.39. The Morgan fingerprint density at radius 1 is 1.27 bits per heavy atom. The molecule has 0 unspecified atom stereocenters. The van der Waals surface area contributed by atoms with Crippen LogP contribution in [0.2, 0.25) is 0 Å². The van der Waals surface area contributed by atoms with Crippen LogP contribution < -0.4 is 0 Å². The fraction of sp³-hybridized carbons (Fsp3) is 1.00. The van der Waals surface area contributed by atoms with E-state index in [2.05, 4.69) is 20.8 Å². The van der Waals surface area contributed by atoms with Crippen LogP contribution in [0.3, 0.4) is 0 Å². The second-order valence-electron chi connectivity index (χ2n) is 5.89. The molecule has 88 valence electrons. The van der Waals surface area contributed by atoms with Crippen LogP contribution in [0.15, 0.2) is 0 Å². The van der Waals surface area contributed by atoms with Crippen LogP contribution in [0.4, 0.5) is 0 Å². The molecule has 0 radical (unpaired) electrons. The van der Waals surface area contributed by atoms with Crippen LogP contribution in [-0.2, 0) is 9.47 Å². The van der Waals surface area contributed by atoms with E-state index in [0.29, 0.717) is 12.0 Å². The Labute approximate surface area is 93.3 Å². The smallest absolute Gasteiger partial charge is 0.0737 e. The molecule has 2 nitrogen and oxygen atoms in total. The largest absolute Gasteiger partial charge is 0.381 e. The van der Waals surface area contributed by atoms with E-state index in [1.807, 2.05) is 7.11 Å². The third-order valence-corrected chi connectivity index (χ3v) is 4.37. The molecule has 0 N–H and O–H groups in total. The first-order chi connectivity index (χ1) is 7.00. The van der Waals surface area contributed by atoms with Crippen molar-refractivity contribution in [3.05, 3.63) is 0 Å². The Morgan fingerprint density at radius 2 is 2.00 bits per heavy atom. The van der Waals surface area contributed by atoms with Crippen molar-refractivity contribution in [2.24, 2.45) is 5.92 Å². The summed E-state index contributed by atoms with van der Waals surface area (Å²) in [5.74, 6) is 0.593. The molecule has 2 saturated heterocycles. The molecule has 2 aliphatic rings. The van der Waals surface area contributed by atoms with Crippen molar-refractivity contribution in [1.29, 1.82) is 0 Å². The van der Waals surface area contributed by atoms with Gasteiger partial charge in [-0.25, -0.2) is 0 Å². The maximum atomic E-state index is 6.41. The first kappa shape index (κ1) is 11.4. The second-order valence-corrected chi connectivity index (χ2v) is 5.89. The van der Waals surface area contributed by atoms with Crippen molar-refractivity contribution in [2.75, 3.05) is 7.11 Å². The van der Waals surface area contributed by atoms with E-state index in [4.69, 9.17) is 9.47 Å². The minimum Gasteiger partial charge on any atom is -0.381 e. The summed E-state index contributed by atoms with van der Waals surface area (Å²) < 4.78 is 12.0. The van der Waals surface area contributed by atoms with Crippen LogP contribution >= 0.6 is 0 Å². The first-order valence-corrected chi connectivity index (χ1v) is 6.23. The van der Waals surface area contributed by atoms with Gasteiger partial charge in [0.1, 0.15) is 0 Å². The molecule has 2 heterocycles. The summed E-state index contributed by atoms with van der Waals surface area (Å²) in [7, 11) is 1.84. The highest BCUT2D eigenvalue weighted by molar-refractivity contribution is 5.01. The zero-order valence-electron chi connectivity index (χ0n) is 10.5. The van der Waals surface area contributed by atoms with Gasteiger partial charge in [0, 0.05) is 20.0 Å². The molecule has 2 heteroatoms. The van der Waals surface area contributed by atoms with E-state index in [1.165, 1.54) is 19.3 Å². The van der Waals surface area contributed by atoms with Crippen molar-refractivity contribution in [3.63, 3.8) is 0 Å². The lowest BCUT2D eigenvalue weighted by molar-refractivity contribution is -0.256. The van der Waals surface area contributed by atoms with E-state index in [0.717, 1.165) is 12.8 Å². The standard InChI is InChI=1S/C13H24O2/c1-10(2)13-7-5-6-12(3,15-13)8-11(9-13)14-4/h10-11H,5-9H2,1-4H3/t11-,12-,13+/m1/s1. The van der Waals surface area contributed by atoms with Gasteiger partial charge in [0.2, 0.25) is 0 Å². The lowest BCUT2D eigenvalue weighted by Gasteiger charge is -2.55. The third kappa shape index (κ3) is 1.94. The Morgan fingerprint density at radius 3 is 2.60 bits per heavy atom. The van der Waals surface area contributed by atoms with Gasteiger partial charge in [-0.05, 0) is 32.1 Å². The highest BCUT2D eigenvalue weighted by Crippen LogP contribution is 2.49. The number of methoxy groups -OCH3 is 1. The van der Waals surface area contributed by atoms with Gasteiger partial charge in [-0.1, -0.05) is 13.8 Å². The number of fused-ring (bicyclic) bond motifs is 2. The van der Waals surface area contributed by atoms with Crippen molar-refractivity contribution >= 4 is 0 Å². The third-order valence-electron chi connectivity index (χ3n) is 4.37. The average Bonchev–Trinajstić information content (AvgIpc) is 2.15. The summed E-state index contributed by atoms with van der Waals surface area (Å²) >= 11 is 0. The molecule has 0 aliphatic carbocycles. The number of hydrogen-bond donors (Lipinski definition) is 0. The second kappa shape index (κ2) is 3.74. The minimum atomic E-state index is 0.0709. The summed E-state index contributed by atoms with van der Waals surface area (Å²) in [4.78, 5) is 0. The zero-order valence-corrected chi connectivity index (χ0v) is 10.5. The molecule has 0 amide bonds. The molecule has 2 bridgehead atoms. The van der Waals surface area contributed by atoms with Gasteiger partial charge in [-0.2, -0.15) is 0 Å². The van der Waals surface area contributed by atoms with Crippen LogP contribution in [-0.4, -0.2) is 24.4 Å². The number of rotatable bonds is 2. The van der Waals surface area contributed by atoms with E-state index in [-0.39, 0.29) is 11.2 Å². The van der Waals surface area contributed by atoms with E-state index in [1.54, 1.807) is 0 Å². The SMILES string of the molecule is CO[C@@H]1C[C@@]2(C)CCC[C@@](C(C)C)(C1)O2. The summed E-state index contributed by atoms with van der Waals surface area (Å²) in [6.07, 6.45) is 6.26. The molecule has 2 aliphatic heterocycles. The first-order valence-electron chi connectivity index (χ1n) is 6.23. The van der Waals surface area contributed by atoms with Gasteiger partial charge in [-0.15, -0.1) is 0 Å².